The highest BCUT2D eigenvalue weighted by molar-refractivity contribution is 5.26. The molecule has 3 saturated carbocycles. The van der Waals surface area contributed by atoms with Crippen molar-refractivity contribution in [1.82, 2.24) is 0 Å². The summed E-state index contributed by atoms with van der Waals surface area (Å²) in [6, 6.07) is 0. The fourth-order valence-corrected chi connectivity index (χ4v) is 9.66. The van der Waals surface area contributed by atoms with Crippen LogP contribution in [0.2, 0.25) is 0 Å². The molecule has 3 heteroatoms. The topological polar surface area (TPSA) is 38.7 Å². The molecule has 2 saturated heterocycles. The Balaban J connectivity index is 1.28. The van der Waals surface area contributed by atoms with E-state index >= 15 is 0 Å². The lowest BCUT2D eigenvalue weighted by atomic mass is 9.47. The third-order valence-electron chi connectivity index (χ3n) is 11.3. The predicted octanol–water partition coefficient (Wildman–Crippen LogP) is 5.71. The molecular formula is C27H42O3. The van der Waals surface area contributed by atoms with Crippen molar-refractivity contribution in [2.75, 3.05) is 6.61 Å². The average Bonchev–Trinajstić information content (AvgIpc) is 3.16. The second-order valence-electron chi connectivity index (χ2n) is 12.7. The van der Waals surface area contributed by atoms with E-state index < -0.39 is 0 Å². The van der Waals surface area contributed by atoms with E-state index in [9.17, 15) is 5.11 Å². The molecule has 5 fully saturated rings. The van der Waals surface area contributed by atoms with Gasteiger partial charge in [-0.15, -0.1) is 0 Å². The van der Waals surface area contributed by atoms with Crippen molar-refractivity contribution in [3.8, 4) is 0 Å². The number of aliphatic hydroxyl groups excluding tert-OH is 1. The Kier molecular flexibility index (Phi) is 4.44. The largest absolute Gasteiger partial charge is 0.393 e. The van der Waals surface area contributed by atoms with Crippen molar-refractivity contribution in [2.45, 2.75) is 103 Å². The third-order valence-corrected chi connectivity index (χ3v) is 11.3. The zero-order chi connectivity index (χ0) is 20.9. The van der Waals surface area contributed by atoms with Crippen LogP contribution < -0.4 is 0 Å². The second kappa shape index (κ2) is 6.58. The van der Waals surface area contributed by atoms with Crippen LogP contribution in [-0.2, 0) is 9.47 Å². The minimum absolute atomic E-state index is 0.107. The molecule has 2 aliphatic heterocycles. The minimum atomic E-state index is -0.294. The van der Waals surface area contributed by atoms with E-state index in [0.717, 1.165) is 43.6 Å². The highest BCUT2D eigenvalue weighted by Crippen LogP contribution is 2.70. The Morgan fingerprint density at radius 2 is 1.87 bits per heavy atom. The van der Waals surface area contributed by atoms with Crippen LogP contribution >= 0.6 is 0 Å². The highest BCUT2D eigenvalue weighted by Gasteiger charge is 2.68. The van der Waals surface area contributed by atoms with E-state index in [1.807, 2.05) is 0 Å². The summed E-state index contributed by atoms with van der Waals surface area (Å²) >= 11 is 0. The molecule has 0 amide bonds. The van der Waals surface area contributed by atoms with Gasteiger partial charge in [0.25, 0.3) is 0 Å². The SMILES string of the molecule is C[C@@H]1CC[C@@]2(OC1)O[C@H]1C[C@H]3[C@@H]4CC=C5C[C@@H](O)CC[C@]5(C)[C@@H]4CC[C@]3(C)[C@@H]1[C@@H]2C. The summed E-state index contributed by atoms with van der Waals surface area (Å²) in [7, 11) is 0. The van der Waals surface area contributed by atoms with Crippen LogP contribution in [0.25, 0.3) is 0 Å². The fraction of sp³-hybridized carbons (Fsp3) is 0.926. The van der Waals surface area contributed by atoms with Crippen molar-refractivity contribution >= 4 is 0 Å². The van der Waals surface area contributed by atoms with E-state index in [1.54, 1.807) is 5.57 Å². The summed E-state index contributed by atoms with van der Waals surface area (Å²) < 4.78 is 13.3. The van der Waals surface area contributed by atoms with Gasteiger partial charge in [-0.2, -0.15) is 0 Å². The number of fused-ring (bicyclic) bond motifs is 7. The predicted molar refractivity (Wildman–Crippen MR) is 118 cm³/mol. The molecule has 0 aromatic heterocycles. The first kappa shape index (κ1) is 20.2. The molecule has 1 spiro atoms. The van der Waals surface area contributed by atoms with Crippen molar-refractivity contribution in [3.05, 3.63) is 11.6 Å². The molecule has 0 aromatic rings. The minimum Gasteiger partial charge on any atom is -0.393 e. The maximum atomic E-state index is 10.3. The van der Waals surface area contributed by atoms with Crippen molar-refractivity contribution in [3.63, 3.8) is 0 Å². The van der Waals surface area contributed by atoms with Gasteiger partial charge in [-0.3, -0.25) is 0 Å². The molecule has 1 N–H and O–H groups in total. The average molecular weight is 415 g/mol. The summed E-state index contributed by atoms with van der Waals surface area (Å²) in [5, 5.41) is 10.3. The molecule has 6 rings (SSSR count). The molecule has 0 aromatic carbocycles. The molecule has 168 valence electrons. The lowest BCUT2D eigenvalue weighted by Crippen LogP contribution is -2.52. The van der Waals surface area contributed by atoms with E-state index in [2.05, 4.69) is 33.8 Å². The van der Waals surface area contributed by atoms with Gasteiger partial charge in [0.2, 0.25) is 0 Å². The van der Waals surface area contributed by atoms with Gasteiger partial charge in [-0.1, -0.05) is 39.3 Å². The molecule has 3 nitrogen and oxygen atoms in total. The van der Waals surface area contributed by atoms with Crippen LogP contribution in [0.4, 0.5) is 0 Å². The molecule has 11 atom stereocenters. The molecule has 2 heterocycles. The molecule has 30 heavy (non-hydrogen) atoms. The molecule has 0 radical (unpaired) electrons. The summed E-state index contributed by atoms with van der Waals surface area (Å²) in [6.45, 7) is 10.8. The van der Waals surface area contributed by atoms with E-state index in [1.165, 1.54) is 38.5 Å². The van der Waals surface area contributed by atoms with Crippen LogP contribution in [-0.4, -0.2) is 29.7 Å². The standard InChI is InChI=1S/C27H42O3/c1-16-7-12-27(29-15-16)17(2)24-23(30-27)14-22-20-6-5-18-13-19(28)8-10-25(18,3)21(20)9-11-26(22,24)4/h5,16-17,19-24,28H,6-15H2,1-4H3/t16-,17+,19+,20-,21-,22+,23+,24-,25+,26+,27-/m1/s1. The Morgan fingerprint density at radius 1 is 1.03 bits per heavy atom. The fourth-order valence-electron chi connectivity index (χ4n) is 9.66. The molecule has 4 aliphatic carbocycles. The zero-order valence-corrected chi connectivity index (χ0v) is 19.5. The molecular weight excluding hydrogens is 372 g/mol. The number of ether oxygens (including phenoxy) is 2. The van der Waals surface area contributed by atoms with Gasteiger partial charge in [0.1, 0.15) is 0 Å². The van der Waals surface area contributed by atoms with Gasteiger partial charge >= 0.3 is 0 Å². The Morgan fingerprint density at radius 3 is 2.63 bits per heavy atom. The number of aliphatic hydroxyl groups is 1. The lowest BCUT2D eigenvalue weighted by molar-refractivity contribution is -0.272. The van der Waals surface area contributed by atoms with Crippen molar-refractivity contribution in [2.24, 2.45) is 46.3 Å². The summed E-state index contributed by atoms with van der Waals surface area (Å²) in [5.41, 5.74) is 2.31. The summed E-state index contributed by atoms with van der Waals surface area (Å²) in [6.07, 6.45) is 13.5. The van der Waals surface area contributed by atoms with Gasteiger partial charge in [-0.25, -0.2) is 0 Å². The molecule has 6 aliphatic rings. The Hall–Kier alpha value is -0.380. The maximum absolute atomic E-state index is 10.3. The number of hydrogen-bond acceptors (Lipinski definition) is 3. The van der Waals surface area contributed by atoms with Gasteiger partial charge < -0.3 is 14.6 Å². The van der Waals surface area contributed by atoms with Crippen LogP contribution in [0.5, 0.6) is 0 Å². The normalized spacial score (nSPS) is 59.8. The number of rotatable bonds is 0. The first-order valence-corrected chi connectivity index (χ1v) is 13.0. The van der Waals surface area contributed by atoms with E-state index in [0.29, 0.717) is 34.7 Å². The first-order chi connectivity index (χ1) is 14.3. The summed E-state index contributed by atoms with van der Waals surface area (Å²) in [4.78, 5) is 0. The van der Waals surface area contributed by atoms with Gasteiger partial charge in [-0.05, 0) is 91.8 Å². The molecule has 0 bridgehead atoms. The lowest BCUT2D eigenvalue weighted by Gasteiger charge is -2.58. The van der Waals surface area contributed by atoms with Gasteiger partial charge in [0.15, 0.2) is 5.79 Å². The van der Waals surface area contributed by atoms with Crippen molar-refractivity contribution in [1.29, 1.82) is 0 Å². The number of hydrogen-bond donors (Lipinski definition) is 1. The van der Waals surface area contributed by atoms with E-state index in [-0.39, 0.29) is 11.9 Å². The smallest absolute Gasteiger partial charge is 0.171 e. The highest BCUT2D eigenvalue weighted by atomic mass is 16.7. The van der Waals surface area contributed by atoms with Gasteiger partial charge in [0, 0.05) is 12.3 Å². The number of allylic oxidation sites excluding steroid dienone is 1. The van der Waals surface area contributed by atoms with Crippen LogP contribution in [0.1, 0.15) is 85.5 Å². The van der Waals surface area contributed by atoms with Crippen LogP contribution in [0, 0.1) is 46.3 Å². The van der Waals surface area contributed by atoms with Crippen molar-refractivity contribution < 1.29 is 14.6 Å². The van der Waals surface area contributed by atoms with Crippen LogP contribution in [0.15, 0.2) is 11.6 Å². The van der Waals surface area contributed by atoms with E-state index in [4.69, 9.17) is 9.47 Å². The second-order valence-corrected chi connectivity index (χ2v) is 12.7. The Bertz CT molecular complexity index is 736. The molecule has 0 unspecified atom stereocenters. The quantitative estimate of drug-likeness (QED) is 0.516. The maximum Gasteiger partial charge on any atom is 0.171 e. The third kappa shape index (κ3) is 2.55. The zero-order valence-electron chi connectivity index (χ0n) is 19.5. The van der Waals surface area contributed by atoms with Crippen LogP contribution in [0.3, 0.4) is 0 Å². The summed E-state index contributed by atoms with van der Waals surface area (Å²) in [5.74, 6) is 3.94. The Labute approximate surface area is 183 Å². The monoisotopic (exact) mass is 414 g/mol. The van der Waals surface area contributed by atoms with Gasteiger partial charge in [0.05, 0.1) is 18.8 Å². The first-order valence-electron chi connectivity index (χ1n) is 13.0.